The maximum atomic E-state index is 12.3. The molecule has 0 aromatic rings. The van der Waals surface area contributed by atoms with E-state index < -0.39 is 11.4 Å². The van der Waals surface area contributed by atoms with Gasteiger partial charge in [-0.3, -0.25) is 4.79 Å². The van der Waals surface area contributed by atoms with E-state index >= 15 is 0 Å². The van der Waals surface area contributed by atoms with Crippen LogP contribution in [0.3, 0.4) is 0 Å². The van der Waals surface area contributed by atoms with Crippen LogP contribution >= 0.6 is 0 Å². The molecule has 18 heavy (non-hydrogen) atoms. The van der Waals surface area contributed by atoms with Crippen LogP contribution < -0.4 is 0 Å². The second-order valence-electron chi connectivity index (χ2n) is 5.40. The lowest BCUT2D eigenvalue weighted by atomic mass is 9.90. The van der Waals surface area contributed by atoms with E-state index in [1.54, 1.807) is 23.8 Å². The Hall–Kier alpha value is -1.26. The van der Waals surface area contributed by atoms with Crippen LogP contribution in [0.15, 0.2) is 0 Å². The van der Waals surface area contributed by atoms with Crippen molar-refractivity contribution in [3.05, 3.63) is 0 Å². The largest absolute Gasteiger partial charge is 0.481 e. The molecule has 1 unspecified atom stereocenters. The maximum absolute atomic E-state index is 12.3. The molecule has 0 spiro atoms. The highest BCUT2D eigenvalue weighted by Gasteiger charge is 2.43. The van der Waals surface area contributed by atoms with Gasteiger partial charge in [-0.2, -0.15) is 0 Å². The van der Waals surface area contributed by atoms with E-state index in [4.69, 9.17) is 5.11 Å². The van der Waals surface area contributed by atoms with Crippen molar-refractivity contribution in [2.45, 2.75) is 46.1 Å². The molecule has 1 aliphatic rings. The van der Waals surface area contributed by atoms with Gasteiger partial charge in [0.2, 0.25) is 0 Å². The molecule has 1 rings (SSSR count). The first kappa shape index (κ1) is 14.8. The molecular formula is C13H24N2O3. The fraction of sp³-hybridized carbons (Fsp3) is 0.846. The van der Waals surface area contributed by atoms with Crippen LogP contribution in [-0.4, -0.2) is 53.1 Å². The summed E-state index contributed by atoms with van der Waals surface area (Å²) < 4.78 is 0. The molecule has 0 aromatic heterocycles. The van der Waals surface area contributed by atoms with E-state index in [1.807, 2.05) is 0 Å². The topological polar surface area (TPSA) is 60.9 Å². The van der Waals surface area contributed by atoms with Gasteiger partial charge in [-0.25, -0.2) is 4.79 Å². The summed E-state index contributed by atoms with van der Waals surface area (Å²) in [5, 5.41) is 9.16. The first-order valence-electron chi connectivity index (χ1n) is 6.60. The lowest BCUT2D eigenvalue weighted by Gasteiger charge is -2.31. The molecule has 1 atom stereocenters. The molecule has 0 aromatic carbocycles. The number of carboxylic acid groups (broad SMARTS) is 1. The second kappa shape index (κ2) is 5.59. The van der Waals surface area contributed by atoms with Crippen molar-refractivity contribution in [1.82, 2.24) is 9.80 Å². The van der Waals surface area contributed by atoms with E-state index in [1.165, 1.54) is 0 Å². The minimum absolute atomic E-state index is 0.0475. The predicted molar refractivity (Wildman–Crippen MR) is 69.5 cm³/mol. The number of hydrogen-bond donors (Lipinski definition) is 1. The lowest BCUT2D eigenvalue weighted by molar-refractivity contribution is -0.147. The third-order valence-corrected chi connectivity index (χ3v) is 4.05. The Morgan fingerprint density at radius 1 is 1.39 bits per heavy atom. The number of carbonyl (C=O) groups is 2. The normalized spacial score (nSPS) is 23.5. The van der Waals surface area contributed by atoms with E-state index in [2.05, 4.69) is 13.8 Å². The molecule has 0 saturated carbocycles. The Bertz CT molecular complexity index is 328. The molecule has 0 bridgehead atoms. The Morgan fingerprint density at radius 2 is 1.94 bits per heavy atom. The molecule has 5 heteroatoms. The lowest BCUT2D eigenvalue weighted by Crippen LogP contribution is -2.45. The first-order valence-corrected chi connectivity index (χ1v) is 6.60. The van der Waals surface area contributed by atoms with Crippen LogP contribution in [0.2, 0.25) is 0 Å². The molecule has 5 nitrogen and oxygen atoms in total. The zero-order valence-electron chi connectivity index (χ0n) is 11.8. The summed E-state index contributed by atoms with van der Waals surface area (Å²) in [6.07, 6.45) is 2.37. The minimum atomic E-state index is -0.817. The Balaban J connectivity index is 2.68. The van der Waals surface area contributed by atoms with Gasteiger partial charge in [-0.15, -0.1) is 0 Å². The number of likely N-dealkylation sites (tertiary alicyclic amines) is 1. The van der Waals surface area contributed by atoms with Crippen molar-refractivity contribution >= 4 is 12.0 Å². The highest BCUT2D eigenvalue weighted by atomic mass is 16.4. The zero-order chi connectivity index (χ0) is 13.9. The van der Waals surface area contributed by atoms with E-state index in [0.717, 1.165) is 12.8 Å². The van der Waals surface area contributed by atoms with Crippen molar-refractivity contribution in [2.75, 3.05) is 20.1 Å². The summed E-state index contributed by atoms with van der Waals surface area (Å²) >= 11 is 0. The van der Waals surface area contributed by atoms with Crippen LogP contribution in [0, 0.1) is 5.41 Å². The second-order valence-corrected chi connectivity index (χ2v) is 5.40. The summed E-state index contributed by atoms with van der Waals surface area (Å²) in [6, 6.07) is 0.183. The monoisotopic (exact) mass is 256 g/mol. The van der Waals surface area contributed by atoms with E-state index in [0.29, 0.717) is 19.5 Å². The van der Waals surface area contributed by atoms with Gasteiger partial charge in [0.15, 0.2) is 0 Å². The average molecular weight is 256 g/mol. The number of urea groups is 1. The number of carboxylic acids is 1. The number of rotatable bonds is 4. The Kier molecular flexibility index (Phi) is 4.59. The minimum Gasteiger partial charge on any atom is -0.481 e. The van der Waals surface area contributed by atoms with Crippen LogP contribution in [0.1, 0.15) is 40.0 Å². The quantitative estimate of drug-likeness (QED) is 0.837. The molecule has 1 fully saturated rings. The summed E-state index contributed by atoms with van der Waals surface area (Å²) in [4.78, 5) is 26.8. The molecular weight excluding hydrogens is 232 g/mol. The number of nitrogens with zero attached hydrogens (tertiary/aromatic N) is 2. The highest BCUT2D eigenvalue weighted by molar-refractivity contribution is 5.79. The van der Waals surface area contributed by atoms with Gasteiger partial charge in [0, 0.05) is 26.2 Å². The van der Waals surface area contributed by atoms with Crippen molar-refractivity contribution < 1.29 is 14.7 Å². The van der Waals surface area contributed by atoms with Gasteiger partial charge >= 0.3 is 12.0 Å². The number of amides is 2. The van der Waals surface area contributed by atoms with Gasteiger partial charge in [0.1, 0.15) is 0 Å². The van der Waals surface area contributed by atoms with Crippen LogP contribution in [0.25, 0.3) is 0 Å². The molecule has 1 saturated heterocycles. The maximum Gasteiger partial charge on any atom is 0.320 e. The molecule has 1 aliphatic heterocycles. The van der Waals surface area contributed by atoms with Gasteiger partial charge in [0.05, 0.1) is 5.41 Å². The highest BCUT2D eigenvalue weighted by Crippen LogP contribution is 2.30. The average Bonchev–Trinajstić information content (AvgIpc) is 2.74. The summed E-state index contributed by atoms with van der Waals surface area (Å²) in [5.74, 6) is -0.817. The van der Waals surface area contributed by atoms with Crippen molar-refractivity contribution in [2.24, 2.45) is 5.41 Å². The van der Waals surface area contributed by atoms with Crippen molar-refractivity contribution in [3.8, 4) is 0 Å². The number of carbonyl (C=O) groups excluding carboxylic acids is 1. The standard InChI is InChI=1S/C13H24N2O3/c1-5-10(6-2)14(4)12(18)15-8-7-13(3,9-15)11(16)17/h10H,5-9H2,1-4H3,(H,16,17). The van der Waals surface area contributed by atoms with E-state index in [-0.39, 0.29) is 12.1 Å². The third kappa shape index (κ3) is 2.76. The van der Waals surface area contributed by atoms with Crippen molar-refractivity contribution in [3.63, 3.8) is 0 Å². The summed E-state index contributed by atoms with van der Waals surface area (Å²) in [5.41, 5.74) is -0.787. The summed E-state index contributed by atoms with van der Waals surface area (Å²) in [6.45, 7) is 6.67. The van der Waals surface area contributed by atoms with Crippen LogP contribution in [-0.2, 0) is 4.79 Å². The van der Waals surface area contributed by atoms with Gasteiger partial charge in [-0.05, 0) is 26.2 Å². The molecule has 104 valence electrons. The van der Waals surface area contributed by atoms with Gasteiger partial charge < -0.3 is 14.9 Å². The fourth-order valence-corrected chi connectivity index (χ4v) is 2.51. The molecule has 1 heterocycles. The molecule has 2 amide bonds. The molecule has 0 radical (unpaired) electrons. The Morgan fingerprint density at radius 3 is 2.33 bits per heavy atom. The van der Waals surface area contributed by atoms with Crippen molar-refractivity contribution in [1.29, 1.82) is 0 Å². The number of hydrogen-bond acceptors (Lipinski definition) is 2. The van der Waals surface area contributed by atoms with E-state index in [9.17, 15) is 9.59 Å². The predicted octanol–water partition coefficient (Wildman–Crippen LogP) is 2.02. The smallest absolute Gasteiger partial charge is 0.320 e. The van der Waals surface area contributed by atoms with Crippen LogP contribution in [0.4, 0.5) is 4.79 Å². The number of aliphatic carboxylic acids is 1. The fourth-order valence-electron chi connectivity index (χ4n) is 2.51. The van der Waals surface area contributed by atoms with Gasteiger partial charge in [-0.1, -0.05) is 13.8 Å². The zero-order valence-corrected chi connectivity index (χ0v) is 11.8. The Labute approximate surface area is 109 Å². The molecule has 0 aliphatic carbocycles. The van der Waals surface area contributed by atoms with Crippen LogP contribution in [0.5, 0.6) is 0 Å². The SMILES string of the molecule is CCC(CC)N(C)C(=O)N1CCC(C)(C(=O)O)C1. The third-order valence-electron chi connectivity index (χ3n) is 4.05. The summed E-state index contributed by atoms with van der Waals surface area (Å²) in [7, 11) is 1.80. The molecule has 1 N–H and O–H groups in total. The first-order chi connectivity index (χ1) is 8.35. The van der Waals surface area contributed by atoms with Gasteiger partial charge in [0.25, 0.3) is 0 Å².